The van der Waals surface area contributed by atoms with Crippen LogP contribution in [-0.4, -0.2) is 22.0 Å². The molecule has 0 saturated heterocycles. The van der Waals surface area contributed by atoms with E-state index in [1.54, 1.807) is 11.6 Å². The van der Waals surface area contributed by atoms with E-state index in [9.17, 15) is 10.1 Å². The second kappa shape index (κ2) is 5.72. The average Bonchev–Trinajstić information content (AvgIpc) is 2.92. The van der Waals surface area contributed by atoms with E-state index in [0.717, 1.165) is 17.5 Å². The number of fused-ring (bicyclic) bond motifs is 1. The number of hydrogen-bond acceptors (Lipinski definition) is 6. The van der Waals surface area contributed by atoms with Crippen LogP contribution in [0.25, 0.3) is 10.2 Å². The molecule has 108 valence electrons. The molecule has 20 heavy (non-hydrogen) atoms. The van der Waals surface area contributed by atoms with Crippen LogP contribution in [0.1, 0.15) is 26.7 Å². The molecule has 1 heterocycles. The largest absolute Gasteiger partial charge is 0.373 e. The summed E-state index contributed by atoms with van der Waals surface area (Å²) in [6.45, 7) is 4.47. The minimum Gasteiger partial charge on any atom is -0.373 e. The number of nitrogens with two attached hydrogens (primary N) is 1. The number of nitrogens with zero attached hydrogens (tertiary/aromatic N) is 2. The van der Waals surface area contributed by atoms with Gasteiger partial charge >= 0.3 is 5.69 Å². The zero-order chi connectivity index (χ0) is 14.8. The van der Waals surface area contributed by atoms with Crippen LogP contribution in [0.3, 0.4) is 0 Å². The zero-order valence-electron chi connectivity index (χ0n) is 11.5. The Kier molecular flexibility index (Phi) is 4.20. The van der Waals surface area contributed by atoms with E-state index in [1.807, 2.05) is 19.9 Å². The van der Waals surface area contributed by atoms with Gasteiger partial charge in [0.2, 0.25) is 0 Å². The molecule has 3 N–H and O–H groups in total. The van der Waals surface area contributed by atoms with Crippen LogP contribution in [-0.2, 0) is 0 Å². The van der Waals surface area contributed by atoms with Crippen LogP contribution >= 0.6 is 11.3 Å². The molecule has 0 amide bonds. The Morgan fingerprint density at radius 2 is 2.15 bits per heavy atom. The van der Waals surface area contributed by atoms with Gasteiger partial charge in [0.05, 0.1) is 15.1 Å². The summed E-state index contributed by atoms with van der Waals surface area (Å²) in [7, 11) is 0. The maximum Gasteiger partial charge on any atom is 0.319 e. The van der Waals surface area contributed by atoms with Crippen molar-refractivity contribution in [2.75, 3.05) is 11.9 Å². The van der Waals surface area contributed by atoms with Gasteiger partial charge in [0.25, 0.3) is 0 Å². The Labute approximate surface area is 121 Å². The lowest BCUT2D eigenvalue weighted by atomic mass is 9.92. The monoisotopic (exact) mass is 294 g/mol. The predicted molar refractivity (Wildman–Crippen MR) is 82.3 cm³/mol. The maximum atomic E-state index is 11.4. The first-order valence-corrected chi connectivity index (χ1v) is 7.43. The first-order valence-electron chi connectivity index (χ1n) is 6.55. The van der Waals surface area contributed by atoms with E-state index in [0.29, 0.717) is 17.7 Å². The molecule has 0 saturated carbocycles. The molecular formula is C13H18N4O2S. The fourth-order valence-corrected chi connectivity index (χ4v) is 2.93. The smallest absolute Gasteiger partial charge is 0.319 e. The highest BCUT2D eigenvalue weighted by molar-refractivity contribution is 7.16. The normalized spacial score (nSPS) is 11.8. The van der Waals surface area contributed by atoms with E-state index in [2.05, 4.69) is 10.3 Å². The minimum absolute atomic E-state index is 0.0310. The highest BCUT2D eigenvalue weighted by Crippen LogP contribution is 2.36. The Morgan fingerprint density at radius 1 is 1.45 bits per heavy atom. The van der Waals surface area contributed by atoms with Crippen molar-refractivity contribution in [3.8, 4) is 0 Å². The van der Waals surface area contributed by atoms with Crippen molar-refractivity contribution in [2.45, 2.75) is 32.2 Å². The second-order valence-electron chi connectivity index (χ2n) is 4.73. The molecule has 2 aromatic rings. The van der Waals surface area contributed by atoms with Crippen molar-refractivity contribution >= 4 is 32.9 Å². The van der Waals surface area contributed by atoms with Crippen LogP contribution in [0.2, 0.25) is 0 Å². The molecule has 2 rings (SSSR count). The summed E-state index contributed by atoms with van der Waals surface area (Å²) >= 11 is 1.39. The molecule has 0 aliphatic heterocycles. The lowest BCUT2D eigenvalue weighted by molar-refractivity contribution is -0.382. The quantitative estimate of drug-likeness (QED) is 0.630. The third-order valence-corrected chi connectivity index (χ3v) is 4.60. The number of nitrogens with one attached hydrogen (secondary N) is 1. The SMILES string of the molecule is CCC(CC)(CN)Nc1ccc2scnc2c1[N+](=O)[O-]. The zero-order valence-corrected chi connectivity index (χ0v) is 12.4. The van der Waals surface area contributed by atoms with Gasteiger partial charge in [-0.05, 0) is 25.0 Å². The fraction of sp³-hybridized carbons (Fsp3) is 0.462. The lowest BCUT2D eigenvalue weighted by Gasteiger charge is -2.32. The van der Waals surface area contributed by atoms with Gasteiger partial charge in [0.15, 0.2) is 5.52 Å². The first kappa shape index (κ1) is 14.7. The number of nitro groups is 1. The van der Waals surface area contributed by atoms with E-state index >= 15 is 0 Å². The maximum absolute atomic E-state index is 11.4. The number of rotatable bonds is 6. The van der Waals surface area contributed by atoms with Gasteiger partial charge in [0, 0.05) is 12.1 Å². The van der Waals surface area contributed by atoms with Gasteiger partial charge < -0.3 is 11.1 Å². The number of benzene rings is 1. The van der Waals surface area contributed by atoms with Crippen molar-refractivity contribution in [1.82, 2.24) is 4.98 Å². The second-order valence-corrected chi connectivity index (χ2v) is 5.62. The molecule has 0 radical (unpaired) electrons. The summed E-state index contributed by atoms with van der Waals surface area (Å²) in [5.74, 6) is 0. The summed E-state index contributed by atoms with van der Waals surface area (Å²) in [5.41, 5.74) is 8.10. The summed E-state index contributed by atoms with van der Waals surface area (Å²) in [6.07, 6.45) is 1.60. The van der Waals surface area contributed by atoms with Crippen molar-refractivity contribution < 1.29 is 4.92 Å². The molecule has 0 fully saturated rings. The van der Waals surface area contributed by atoms with Crippen LogP contribution in [0.4, 0.5) is 11.4 Å². The predicted octanol–water partition coefficient (Wildman–Crippen LogP) is 3.13. The number of aromatic nitrogens is 1. The van der Waals surface area contributed by atoms with E-state index in [-0.39, 0.29) is 16.1 Å². The molecule has 6 nitrogen and oxygen atoms in total. The summed E-state index contributed by atoms with van der Waals surface area (Å²) < 4.78 is 0.814. The Bertz CT molecular complexity index is 614. The van der Waals surface area contributed by atoms with Crippen LogP contribution < -0.4 is 11.1 Å². The highest BCUT2D eigenvalue weighted by Gasteiger charge is 2.29. The van der Waals surface area contributed by atoms with Gasteiger partial charge in [-0.1, -0.05) is 13.8 Å². The molecule has 1 aromatic heterocycles. The molecule has 1 aromatic carbocycles. The Hall–Kier alpha value is -1.73. The van der Waals surface area contributed by atoms with Gasteiger partial charge in [-0.2, -0.15) is 0 Å². The molecule has 0 unspecified atom stereocenters. The number of hydrogen-bond donors (Lipinski definition) is 2. The Balaban J connectivity index is 2.53. The molecule has 0 aliphatic carbocycles. The molecule has 0 spiro atoms. The number of thiazole rings is 1. The van der Waals surface area contributed by atoms with Gasteiger partial charge in [-0.25, -0.2) is 4.98 Å². The molecule has 0 aliphatic rings. The highest BCUT2D eigenvalue weighted by atomic mass is 32.1. The van der Waals surface area contributed by atoms with Crippen LogP contribution in [0, 0.1) is 10.1 Å². The summed E-state index contributed by atoms with van der Waals surface area (Å²) in [5, 5.41) is 14.7. The molecular weight excluding hydrogens is 276 g/mol. The van der Waals surface area contributed by atoms with E-state index < -0.39 is 0 Å². The van der Waals surface area contributed by atoms with E-state index in [1.165, 1.54) is 11.3 Å². The van der Waals surface area contributed by atoms with E-state index in [4.69, 9.17) is 5.73 Å². The van der Waals surface area contributed by atoms with Gasteiger partial charge in [-0.15, -0.1) is 11.3 Å². The fourth-order valence-electron chi connectivity index (χ4n) is 2.25. The van der Waals surface area contributed by atoms with Gasteiger partial charge in [-0.3, -0.25) is 10.1 Å². The number of anilines is 1. The van der Waals surface area contributed by atoms with Crippen molar-refractivity contribution in [3.63, 3.8) is 0 Å². The third-order valence-electron chi connectivity index (χ3n) is 3.80. The first-order chi connectivity index (χ1) is 9.56. The number of nitro benzene ring substituents is 1. The molecule has 0 atom stereocenters. The summed E-state index contributed by atoms with van der Waals surface area (Å²) in [4.78, 5) is 15.1. The third kappa shape index (κ3) is 2.46. The summed E-state index contributed by atoms with van der Waals surface area (Å²) in [6, 6.07) is 3.60. The molecule has 7 heteroatoms. The van der Waals surface area contributed by atoms with Crippen LogP contribution in [0.5, 0.6) is 0 Å². The standard InChI is InChI=1S/C13H18N4O2S/c1-3-13(4-2,7-14)16-9-5-6-10-11(15-8-20-10)12(9)17(18)19/h5-6,8,16H,3-4,7,14H2,1-2H3. The lowest BCUT2D eigenvalue weighted by Crippen LogP contribution is -2.44. The van der Waals surface area contributed by atoms with Crippen molar-refractivity contribution in [3.05, 3.63) is 27.8 Å². The van der Waals surface area contributed by atoms with Crippen LogP contribution in [0.15, 0.2) is 17.6 Å². The Morgan fingerprint density at radius 3 is 2.70 bits per heavy atom. The molecule has 0 bridgehead atoms. The minimum atomic E-state index is -0.378. The average molecular weight is 294 g/mol. The topological polar surface area (TPSA) is 94.1 Å². The van der Waals surface area contributed by atoms with Gasteiger partial charge in [0.1, 0.15) is 5.69 Å². The van der Waals surface area contributed by atoms with Crippen molar-refractivity contribution in [2.24, 2.45) is 5.73 Å². The van der Waals surface area contributed by atoms with Crippen molar-refractivity contribution in [1.29, 1.82) is 0 Å².